The first-order valence-corrected chi connectivity index (χ1v) is 6.59. The number of para-hydroxylation sites is 1. The molecule has 2 rings (SSSR count). The maximum Gasteiger partial charge on any atom is 0.270 e. The second kappa shape index (κ2) is 6.34. The summed E-state index contributed by atoms with van der Waals surface area (Å²) in [4.78, 5) is 20.1. The molecule has 0 aliphatic rings. The molecule has 0 saturated carbocycles. The fourth-order valence-corrected chi connectivity index (χ4v) is 1.75. The van der Waals surface area contributed by atoms with Crippen LogP contribution in [0.3, 0.4) is 0 Å². The predicted molar refractivity (Wildman–Crippen MR) is 79.4 cm³/mol. The van der Waals surface area contributed by atoms with Gasteiger partial charge < -0.3 is 10.6 Å². The van der Waals surface area contributed by atoms with E-state index in [2.05, 4.69) is 20.6 Å². The van der Waals surface area contributed by atoms with Crippen molar-refractivity contribution in [3.63, 3.8) is 0 Å². The zero-order valence-corrected chi connectivity index (χ0v) is 12.0. The molecule has 1 aromatic heterocycles. The van der Waals surface area contributed by atoms with Gasteiger partial charge in [-0.3, -0.25) is 4.79 Å². The summed E-state index contributed by atoms with van der Waals surface area (Å²) >= 11 is 6.05. The lowest BCUT2D eigenvalue weighted by Crippen LogP contribution is -2.30. The Labute approximate surface area is 122 Å². The van der Waals surface area contributed by atoms with Crippen LogP contribution < -0.4 is 10.6 Å². The normalized spacial score (nSPS) is 10.4. The third kappa shape index (κ3) is 3.68. The number of anilines is 2. The molecule has 6 heteroatoms. The number of nitrogens with zero attached hydrogens (tertiary/aromatic N) is 2. The van der Waals surface area contributed by atoms with Crippen LogP contribution in [0, 0.1) is 0 Å². The molecule has 0 aliphatic heterocycles. The van der Waals surface area contributed by atoms with E-state index in [0.29, 0.717) is 22.4 Å². The Morgan fingerprint density at radius 2 is 2.00 bits per heavy atom. The minimum Gasteiger partial charge on any atom is -0.349 e. The lowest BCUT2D eigenvalue weighted by molar-refractivity contribution is 0.0938. The van der Waals surface area contributed by atoms with E-state index >= 15 is 0 Å². The Kier molecular flexibility index (Phi) is 4.53. The van der Waals surface area contributed by atoms with Crippen LogP contribution in [0.5, 0.6) is 0 Å². The lowest BCUT2D eigenvalue weighted by Gasteiger charge is -2.09. The molecular weight excluding hydrogens is 276 g/mol. The molecule has 0 saturated heterocycles. The number of carbonyl (C=O) groups is 1. The van der Waals surface area contributed by atoms with E-state index in [4.69, 9.17) is 11.6 Å². The number of hydrogen-bond acceptors (Lipinski definition) is 4. The molecule has 2 N–H and O–H groups in total. The van der Waals surface area contributed by atoms with E-state index in [1.54, 1.807) is 12.1 Å². The average Bonchev–Trinajstić information content (AvgIpc) is 2.41. The minimum absolute atomic E-state index is 0.0532. The van der Waals surface area contributed by atoms with Gasteiger partial charge in [-0.15, -0.1) is 0 Å². The minimum atomic E-state index is -0.232. The van der Waals surface area contributed by atoms with Crippen molar-refractivity contribution in [1.82, 2.24) is 15.3 Å². The molecule has 0 spiro atoms. The largest absolute Gasteiger partial charge is 0.349 e. The smallest absolute Gasteiger partial charge is 0.270 e. The van der Waals surface area contributed by atoms with Crippen molar-refractivity contribution >= 4 is 29.1 Å². The van der Waals surface area contributed by atoms with Crippen LogP contribution in [0.25, 0.3) is 0 Å². The second-order valence-electron chi connectivity index (χ2n) is 4.50. The maximum atomic E-state index is 11.9. The highest BCUT2D eigenvalue weighted by atomic mass is 35.5. The Morgan fingerprint density at radius 1 is 1.25 bits per heavy atom. The van der Waals surface area contributed by atoms with Gasteiger partial charge in [0.05, 0.1) is 10.7 Å². The Bertz CT molecular complexity index is 616. The topological polar surface area (TPSA) is 66.9 Å². The molecular formula is C14H15ClN4O. The van der Waals surface area contributed by atoms with Gasteiger partial charge in [0.15, 0.2) is 0 Å². The number of halogens is 1. The van der Waals surface area contributed by atoms with Crippen molar-refractivity contribution in [2.75, 3.05) is 5.32 Å². The number of carbonyl (C=O) groups excluding carboxylic acids is 1. The SMILES string of the molecule is CC(C)NC(=O)c1ccnc(Nc2ccccc2Cl)n1. The molecule has 5 nitrogen and oxygen atoms in total. The zero-order chi connectivity index (χ0) is 14.5. The molecule has 104 valence electrons. The van der Waals surface area contributed by atoms with Gasteiger partial charge in [-0.1, -0.05) is 23.7 Å². The fourth-order valence-electron chi connectivity index (χ4n) is 1.56. The molecule has 0 bridgehead atoms. The van der Waals surface area contributed by atoms with Crippen molar-refractivity contribution < 1.29 is 4.79 Å². The Balaban J connectivity index is 2.18. The Morgan fingerprint density at radius 3 is 2.70 bits per heavy atom. The highest BCUT2D eigenvalue weighted by Crippen LogP contribution is 2.22. The third-order valence-corrected chi connectivity index (χ3v) is 2.76. The number of amides is 1. The number of rotatable bonds is 4. The second-order valence-corrected chi connectivity index (χ2v) is 4.91. The monoisotopic (exact) mass is 290 g/mol. The number of nitrogens with one attached hydrogen (secondary N) is 2. The van der Waals surface area contributed by atoms with Crippen LogP contribution in [0.1, 0.15) is 24.3 Å². The van der Waals surface area contributed by atoms with Gasteiger partial charge in [0.25, 0.3) is 5.91 Å². The standard InChI is InChI=1S/C14H15ClN4O/c1-9(2)17-13(20)12-7-8-16-14(19-12)18-11-6-4-3-5-10(11)15/h3-9H,1-2H3,(H,17,20)(H,16,18,19). The summed E-state index contributed by atoms with van der Waals surface area (Å²) in [5.41, 5.74) is 0.999. The van der Waals surface area contributed by atoms with Gasteiger partial charge in [0.2, 0.25) is 5.95 Å². The molecule has 0 radical (unpaired) electrons. The van der Waals surface area contributed by atoms with Crippen LogP contribution in [-0.2, 0) is 0 Å². The van der Waals surface area contributed by atoms with Crippen molar-refractivity contribution in [2.24, 2.45) is 0 Å². The summed E-state index contributed by atoms with van der Waals surface area (Å²) in [5, 5.41) is 6.33. The van der Waals surface area contributed by atoms with E-state index in [1.165, 1.54) is 6.20 Å². The molecule has 1 aromatic carbocycles. The van der Waals surface area contributed by atoms with Crippen LogP contribution in [-0.4, -0.2) is 21.9 Å². The van der Waals surface area contributed by atoms with Crippen molar-refractivity contribution in [3.05, 3.63) is 47.2 Å². The van der Waals surface area contributed by atoms with E-state index < -0.39 is 0 Å². The van der Waals surface area contributed by atoms with Gasteiger partial charge in [-0.05, 0) is 32.0 Å². The van der Waals surface area contributed by atoms with E-state index in [1.807, 2.05) is 32.0 Å². The fraction of sp³-hybridized carbons (Fsp3) is 0.214. The summed E-state index contributed by atoms with van der Waals surface area (Å²) in [6.45, 7) is 3.78. The molecule has 1 heterocycles. The molecule has 2 aromatic rings. The first kappa shape index (κ1) is 14.3. The number of aromatic nitrogens is 2. The number of hydrogen-bond donors (Lipinski definition) is 2. The molecule has 0 fully saturated rings. The van der Waals surface area contributed by atoms with Crippen LogP contribution >= 0.6 is 11.6 Å². The van der Waals surface area contributed by atoms with Crippen LogP contribution in [0.4, 0.5) is 11.6 Å². The maximum absolute atomic E-state index is 11.9. The van der Waals surface area contributed by atoms with Crippen LogP contribution in [0.15, 0.2) is 36.5 Å². The van der Waals surface area contributed by atoms with Gasteiger partial charge in [0.1, 0.15) is 5.69 Å². The third-order valence-electron chi connectivity index (χ3n) is 2.43. The van der Waals surface area contributed by atoms with Gasteiger partial charge >= 0.3 is 0 Å². The van der Waals surface area contributed by atoms with Gasteiger partial charge in [-0.2, -0.15) is 0 Å². The van der Waals surface area contributed by atoms with Crippen LogP contribution in [0.2, 0.25) is 5.02 Å². The summed E-state index contributed by atoms with van der Waals surface area (Å²) in [7, 11) is 0. The van der Waals surface area contributed by atoms with Crippen molar-refractivity contribution in [3.8, 4) is 0 Å². The average molecular weight is 291 g/mol. The Hall–Kier alpha value is -2.14. The molecule has 20 heavy (non-hydrogen) atoms. The summed E-state index contributed by atoms with van der Waals surface area (Å²) in [6, 6.07) is 8.88. The van der Waals surface area contributed by atoms with Crippen molar-refractivity contribution in [1.29, 1.82) is 0 Å². The highest BCUT2D eigenvalue weighted by molar-refractivity contribution is 6.33. The predicted octanol–water partition coefficient (Wildman–Crippen LogP) is 3.01. The number of benzene rings is 1. The van der Waals surface area contributed by atoms with E-state index in [-0.39, 0.29) is 11.9 Å². The van der Waals surface area contributed by atoms with Gasteiger partial charge in [-0.25, -0.2) is 9.97 Å². The van der Waals surface area contributed by atoms with E-state index in [0.717, 1.165) is 0 Å². The summed E-state index contributed by atoms with van der Waals surface area (Å²) < 4.78 is 0. The molecule has 0 atom stereocenters. The lowest BCUT2D eigenvalue weighted by atomic mass is 10.3. The molecule has 0 unspecified atom stereocenters. The first-order chi connectivity index (χ1) is 9.56. The zero-order valence-electron chi connectivity index (χ0n) is 11.2. The van der Waals surface area contributed by atoms with Gasteiger partial charge in [0, 0.05) is 12.2 Å². The van der Waals surface area contributed by atoms with Crippen molar-refractivity contribution in [2.45, 2.75) is 19.9 Å². The highest BCUT2D eigenvalue weighted by Gasteiger charge is 2.10. The quantitative estimate of drug-likeness (QED) is 0.908. The van der Waals surface area contributed by atoms with E-state index in [9.17, 15) is 4.79 Å². The first-order valence-electron chi connectivity index (χ1n) is 6.21. The molecule has 0 aliphatic carbocycles. The summed E-state index contributed by atoms with van der Waals surface area (Å²) in [5.74, 6) is 0.0964. The summed E-state index contributed by atoms with van der Waals surface area (Å²) in [6.07, 6.45) is 1.53. The molecule has 1 amide bonds.